The molecule has 6 heteroatoms. The van der Waals surface area contributed by atoms with Crippen molar-refractivity contribution in [2.75, 3.05) is 13.1 Å². The predicted molar refractivity (Wildman–Crippen MR) is 95.5 cm³/mol. The Morgan fingerprint density at radius 3 is 2.73 bits per heavy atom. The van der Waals surface area contributed by atoms with Gasteiger partial charge in [-0.25, -0.2) is 4.39 Å². The van der Waals surface area contributed by atoms with Gasteiger partial charge in [-0.2, -0.15) is 0 Å². The van der Waals surface area contributed by atoms with Crippen LogP contribution in [0.2, 0.25) is 0 Å². The van der Waals surface area contributed by atoms with E-state index in [1.807, 2.05) is 6.92 Å². The summed E-state index contributed by atoms with van der Waals surface area (Å²) in [7, 11) is 0. The fourth-order valence-electron chi connectivity index (χ4n) is 3.20. The minimum absolute atomic E-state index is 0.0571. The number of nitrogens with one attached hydrogen (secondary N) is 1. The lowest BCUT2D eigenvalue weighted by Gasteiger charge is -2.31. The number of likely N-dealkylation sites (tertiary alicyclic amines) is 1. The Labute approximate surface area is 152 Å². The molecule has 1 atom stereocenters. The number of hydrogen-bond donors (Lipinski definition) is 1. The molecule has 138 valence electrons. The van der Waals surface area contributed by atoms with Crippen LogP contribution < -0.4 is 5.32 Å². The van der Waals surface area contributed by atoms with E-state index in [1.54, 1.807) is 29.2 Å². The Morgan fingerprint density at radius 1 is 1.23 bits per heavy atom. The van der Waals surface area contributed by atoms with E-state index in [4.69, 9.17) is 4.42 Å². The molecule has 0 radical (unpaired) electrons. The third-order valence-electron chi connectivity index (χ3n) is 4.67. The number of rotatable bonds is 5. The van der Waals surface area contributed by atoms with Crippen molar-refractivity contribution in [3.05, 3.63) is 48.0 Å². The average molecular weight is 358 g/mol. The molecule has 5 nitrogen and oxygen atoms in total. The molecule has 0 aliphatic carbocycles. The highest BCUT2D eigenvalue weighted by Gasteiger charge is 2.27. The first-order valence-electron chi connectivity index (χ1n) is 8.97. The van der Waals surface area contributed by atoms with Crippen molar-refractivity contribution in [2.45, 2.75) is 32.7 Å². The van der Waals surface area contributed by atoms with Gasteiger partial charge in [-0.3, -0.25) is 9.59 Å². The second-order valence-corrected chi connectivity index (χ2v) is 6.52. The van der Waals surface area contributed by atoms with Crippen LogP contribution >= 0.6 is 0 Å². The number of furan rings is 1. The van der Waals surface area contributed by atoms with Crippen LogP contribution in [0.15, 0.2) is 40.8 Å². The summed E-state index contributed by atoms with van der Waals surface area (Å²) < 4.78 is 18.7. The van der Waals surface area contributed by atoms with E-state index in [1.165, 1.54) is 12.1 Å². The monoisotopic (exact) mass is 358 g/mol. The number of halogens is 1. The van der Waals surface area contributed by atoms with Gasteiger partial charge in [-0.15, -0.1) is 0 Å². The second kappa shape index (κ2) is 8.17. The molecule has 26 heavy (non-hydrogen) atoms. The Kier molecular flexibility index (Phi) is 5.71. The van der Waals surface area contributed by atoms with E-state index in [0.29, 0.717) is 24.5 Å². The quantitative estimate of drug-likeness (QED) is 0.892. The highest BCUT2D eigenvalue weighted by atomic mass is 19.1. The molecule has 1 fully saturated rings. The van der Waals surface area contributed by atoms with Gasteiger partial charge >= 0.3 is 0 Å². The van der Waals surface area contributed by atoms with Crippen LogP contribution in [0.4, 0.5) is 4.39 Å². The second-order valence-electron chi connectivity index (χ2n) is 6.52. The molecule has 1 saturated heterocycles. The third kappa shape index (κ3) is 4.31. The van der Waals surface area contributed by atoms with Gasteiger partial charge in [-0.05, 0) is 49.2 Å². The summed E-state index contributed by atoms with van der Waals surface area (Å²) in [6, 6.07) is 9.66. The first-order chi connectivity index (χ1) is 12.6. The Balaban J connectivity index is 1.55. The largest absolute Gasteiger partial charge is 0.459 e. The van der Waals surface area contributed by atoms with E-state index in [9.17, 15) is 14.0 Å². The molecular formula is C20H23FN2O3. The van der Waals surface area contributed by atoms with Gasteiger partial charge in [0.15, 0.2) is 0 Å². The number of carbonyl (C=O) groups excluding carboxylic acids is 2. The molecule has 0 spiro atoms. The number of nitrogens with zero attached hydrogens (tertiary/aromatic N) is 1. The molecule has 2 heterocycles. The van der Waals surface area contributed by atoms with Gasteiger partial charge in [0, 0.05) is 25.1 Å². The first-order valence-corrected chi connectivity index (χ1v) is 8.97. The molecule has 1 aliphatic rings. The molecule has 1 unspecified atom stereocenters. The summed E-state index contributed by atoms with van der Waals surface area (Å²) in [5, 5.41) is 2.89. The van der Waals surface area contributed by atoms with Gasteiger partial charge in [0.25, 0.3) is 0 Å². The molecule has 2 amide bonds. The van der Waals surface area contributed by atoms with Crippen molar-refractivity contribution in [1.29, 1.82) is 0 Å². The summed E-state index contributed by atoms with van der Waals surface area (Å²) in [5.74, 6) is 0.832. The zero-order valence-corrected chi connectivity index (χ0v) is 14.8. The highest BCUT2D eigenvalue weighted by molar-refractivity contribution is 5.81. The fraction of sp³-hybridized carbons (Fsp3) is 0.400. The fourth-order valence-corrected chi connectivity index (χ4v) is 3.20. The number of benzene rings is 1. The molecule has 1 aromatic carbocycles. The molecule has 1 aliphatic heterocycles. The summed E-state index contributed by atoms with van der Waals surface area (Å²) in [5.41, 5.74) is 0.782. The van der Waals surface area contributed by atoms with Crippen LogP contribution in [0.5, 0.6) is 0 Å². The highest BCUT2D eigenvalue weighted by Crippen LogP contribution is 2.23. The Hall–Kier alpha value is -2.63. The van der Waals surface area contributed by atoms with Crippen molar-refractivity contribution >= 4 is 11.8 Å². The average Bonchev–Trinajstić information content (AvgIpc) is 3.15. The summed E-state index contributed by atoms with van der Waals surface area (Å²) >= 11 is 0. The number of piperidine rings is 1. The third-order valence-corrected chi connectivity index (χ3v) is 4.67. The summed E-state index contributed by atoms with van der Waals surface area (Å²) in [4.78, 5) is 26.0. The van der Waals surface area contributed by atoms with Crippen molar-refractivity contribution in [3.8, 4) is 11.3 Å². The SMILES string of the molecule is CCC(=O)N1CCCC(C(=O)NCc2ccc(-c3ccc(F)cc3)o2)C1. The standard InChI is InChI=1S/C20H23FN2O3/c1-2-19(24)23-11-3-4-15(13-23)20(25)22-12-17-9-10-18(26-17)14-5-7-16(21)8-6-14/h5-10,15H,2-4,11-13H2,1H3,(H,22,25). The number of carbonyl (C=O) groups is 2. The van der Waals surface area contributed by atoms with Gasteiger partial charge in [0.05, 0.1) is 12.5 Å². The van der Waals surface area contributed by atoms with E-state index < -0.39 is 0 Å². The topological polar surface area (TPSA) is 62.6 Å². The Bertz CT molecular complexity index is 770. The number of amides is 2. The van der Waals surface area contributed by atoms with Gasteiger partial charge in [-0.1, -0.05) is 6.92 Å². The van der Waals surface area contributed by atoms with Crippen LogP contribution in [0.25, 0.3) is 11.3 Å². The van der Waals surface area contributed by atoms with Crippen molar-refractivity contribution in [3.63, 3.8) is 0 Å². The predicted octanol–water partition coefficient (Wildman–Crippen LogP) is 3.35. The van der Waals surface area contributed by atoms with Crippen molar-refractivity contribution in [1.82, 2.24) is 10.2 Å². The van der Waals surface area contributed by atoms with E-state index in [0.717, 1.165) is 24.9 Å². The van der Waals surface area contributed by atoms with Crippen LogP contribution in [0.1, 0.15) is 31.9 Å². The van der Waals surface area contributed by atoms with Crippen LogP contribution in [0, 0.1) is 11.7 Å². The van der Waals surface area contributed by atoms with Crippen LogP contribution in [-0.4, -0.2) is 29.8 Å². The lowest BCUT2D eigenvalue weighted by atomic mass is 9.97. The van der Waals surface area contributed by atoms with Gasteiger partial charge < -0.3 is 14.6 Å². The molecule has 3 rings (SSSR count). The number of hydrogen-bond acceptors (Lipinski definition) is 3. The maximum Gasteiger partial charge on any atom is 0.225 e. The zero-order chi connectivity index (χ0) is 18.5. The molecule has 2 aromatic rings. The lowest BCUT2D eigenvalue weighted by molar-refractivity contribution is -0.135. The minimum Gasteiger partial charge on any atom is -0.459 e. The van der Waals surface area contributed by atoms with Gasteiger partial charge in [0.1, 0.15) is 17.3 Å². The maximum absolute atomic E-state index is 13.0. The summed E-state index contributed by atoms with van der Waals surface area (Å²) in [6.07, 6.45) is 2.10. The normalized spacial score (nSPS) is 17.2. The van der Waals surface area contributed by atoms with E-state index in [2.05, 4.69) is 5.32 Å². The molecule has 0 saturated carbocycles. The summed E-state index contributed by atoms with van der Waals surface area (Å²) in [6.45, 7) is 3.34. The van der Waals surface area contributed by atoms with E-state index in [-0.39, 0.29) is 30.1 Å². The van der Waals surface area contributed by atoms with Crippen molar-refractivity contribution in [2.24, 2.45) is 5.92 Å². The lowest BCUT2D eigenvalue weighted by Crippen LogP contribution is -2.45. The first kappa shape index (κ1) is 18.2. The molecular weight excluding hydrogens is 335 g/mol. The maximum atomic E-state index is 13.0. The van der Waals surface area contributed by atoms with Gasteiger partial charge in [0.2, 0.25) is 11.8 Å². The van der Waals surface area contributed by atoms with Crippen molar-refractivity contribution < 1.29 is 18.4 Å². The van der Waals surface area contributed by atoms with Crippen LogP contribution in [0.3, 0.4) is 0 Å². The zero-order valence-electron chi connectivity index (χ0n) is 14.8. The smallest absolute Gasteiger partial charge is 0.225 e. The molecule has 1 aromatic heterocycles. The Morgan fingerprint density at radius 2 is 2.00 bits per heavy atom. The van der Waals surface area contributed by atoms with E-state index >= 15 is 0 Å². The van der Waals surface area contributed by atoms with Crippen LogP contribution in [-0.2, 0) is 16.1 Å². The molecule has 0 bridgehead atoms. The molecule has 1 N–H and O–H groups in total. The minimum atomic E-state index is -0.295.